The zero-order chi connectivity index (χ0) is 23.6. The topological polar surface area (TPSA) is 69.2 Å². The molecule has 1 aliphatic rings. The van der Waals surface area contributed by atoms with Crippen LogP contribution >= 0.6 is 24.0 Å². The molecule has 188 valence electrons. The van der Waals surface area contributed by atoms with Crippen molar-refractivity contribution in [2.75, 3.05) is 39.8 Å². The highest BCUT2D eigenvalue weighted by Gasteiger charge is 2.20. The molecule has 0 bridgehead atoms. The predicted molar refractivity (Wildman–Crippen MR) is 147 cm³/mol. The average molecular weight is 574 g/mol. The highest BCUT2D eigenvalue weighted by atomic mass is 127. The Labute approximate surface area is 217 Å². The Kier molecular flexibility index (Phi) is 13.1. The molecule has 2 N–H and O–H groups in total. The van der Waals surface area contributed by atoms with E-state index in [2.05, 4.69) is 41.5 Å². The Morgan fingerprint density at radius 3 is 2.45 bits per heavy atom. The minimum atomic E-state index is -0.488. The molecule has 0 aliphatic carbocycles. The fourth-order valence-electron chi connectivity index (χ4n) is 3.79. The molecule has 8 heteroatoms. The van der Waals surface area contributed by atoms with Gasteiger partial charge in [-0.2, -0.15) is 0 Å². The molecule has 0 saturated carbocycles. The average Bonchev–Trinajstić information content (AvgIpc) is 2.75. The van der Waals surface area contributed by atoms with Gasteiger partial charge in [0.2, 0.25) is 0 Å². The Bertz CT molecular complexity index is 733. The summed E-state index contributed by atoms with van der Waals surface area (Å²) < 4.78 is 5.41. The summed E-state index contributed by atoms with van der Waals surface area (Å²) in [4.78, 5) is 21.0. The van der Waals surface area contributed by atoms with Crippen molar-refractivity contribution in [2.45, 2.75) is 66.2 Å². The molecule has 1 atom stereocenters. The number of piperidine rings is 1. The second kappa shape index (κ2) is 14.7. The summed E-state index contributed by atoms with van der Waals surface area (Å²) in [6.45, 7) is 16.4. The molecule has 33 heavy (non-hydrogen) atoms. The van der Waals surface area contributed by atoms with Gasteiger partial charge in [0.05, 0.1) is 6.54 Å². The van der Waals surface area contributed by atoms with Crippen molar-refractivity contribution in [3.63, 3.8) is 0 Å². The summed E-state index contributed by atoms with van der Waals surface area (Å²) in [5.41, 5.74) is 1.72. The number of amides is 1. The van der Waals surface area contributed by atoms with Crippen LogP contribution in [0.5, 0.6) is 0 Å². The normalized spacial score (nSPS) is 17.2. The lowest BCUT2D eigenvalue weighted by atomic mass is 9.98. The maximum absolute atomic E-state index is 12.1. The summed E-state index contributed by atoms with van der Waals surface area (Å²) in [6.07, 6.45) is 2.25. The van der Waals surface area contributed by atoms with Gasteiger partial charge in [0, 0.05) is 33.2 Å². The van der Waals surface area contributed by atoms with Crippen LogP contribution in [-0.4, -0.2) is 67.2 Å². The summed E-state index contributed by atoms with van der Waals surface area (Å²) in [7, 11) is 1.76. The van der Waals surface area contributed by atoms with Crippen molar-refractivity contribution in [1.29, 1.82) is 0 Å². The lowest BCUT2D eigenvalue weighted by molar-refractivity contribution is 0.0285. The molecule has 0 aromatic heterocycles. The minimum Gasteiger partial charge on any atom is -0.444 e. The van der Waals surface area contributed by atoms with Crippen LogP contribution < -0.4 is 10.6 Å². The Morgan fingerprint density at radius 2 is 1.85 bits per heavy atom. The number of likely N-dealkylation sites (tertiary alicyclic amines) is 1. The maximum Gasteiger partial charge on any atom is 0.410 e. The number of halogens is 1. The van der Waals surface area contributed by atoms with Crippen LogP contribution in [0.3, 0.4) is 0 Å². The maximum atomic E-state index is 12.1. The number of carbonyl (C=O) groups excluding carboxylic acids is 1. The Hall–Kier alpha value is -1.55. The number of aliphatic imine (C=N–C) groups is 1. The number of carbonyl (C=O) groups is 1. The Morgan fingerprint density at radius 1 is 1.18 bits per heavy atom. The van der Waals surface area contributed by atoms with Crippen LogP contribution in [0.1, 0.15) is 58.6 Å². The molecule has 1 aliphatic heterocycles. The molecule has 1 aromatic carbocycles. The lowest BCUT2D eigenvalue weighted by Gasteiger charge is -2.32. The molecule has 2 rings (SSSR count). The van der Waals surface area contributed by atoms with Gasteiger partial charge in [0.25, 0.3) is 0 Å². The van der Waals surface area contributed by atoms with E-state index in [4.69, 9.17) is 9.73 Å². The first-order valence-corrected chi connectivity index (χ1v) is 12.0. The van der Waals surface area contributed by atoms with E-state index in [1.54, 1.807) is 11.9 Å². The van der Waals surface area contributed by atoms with Crippen LogP contribution in [0.2, 0.25) is 0 Å². The summed E-state index contributed by atoms with van der Waals surface area (Å²) in [5, 5.41) is 6.88. The van der Waals surface area contributed by atoms with E-state index in [0.29, 0.717) is 19.0 Å². The van der Waals surface area contributed by atoms with E-state index in [9.17, 15) is 4.79 Å². The van der Waals surface area contributed by atoms with Gasteiger partial charge >= 0.3 is 6.09 Å². The third-order valence-electron chi connectivity index (χ3n) is 5.52. The number of nitrogens with one attached hydrogen (secondary N) is 2. The first-order valence-electron chi connectivity index (χ1n) is 12.0. The molecular formula is C25H44IN5O2. The smallest absolute Gasteiger partial charge is 0.410 e. The number of hydrogen-bond acceptors (Lipinski definition) is 4. The van der Waals surface area contributed by atoms with Crippen LogP contribution in [0.25, 0.3) is 0 Å². The molecule has 1 saturated heterocycles. The summed E-state index contributed by atoms with van der Waals surface area (Å²) in [6, 6.07) is 8.25. The molecule has 0 spiro atoms. The van der Waals surface area contributed by atoms with Gasteiger partial charge in [-0.25, -0.2) is 9.79 Å². The van der Waals surface area contributed by atoms with E-state index in [0.717, 1.165) is 36.7 Å². The third-order valence-corrected chi connectivity index (χ3v) is 5.52. The second-order valence-electron chi connectivity index (χ2n) is 9.63. The van der Waals surface area contributed by atoms with Crippen molar-refractivity contribution in [1.82, 2.24) is 20.4 Å². The van der Waals surface area contributed by atoms with Gasteiger partial charge in [0.1, 0.15) is 5.60 Å². The number of guanidine groups is 1. The van der Waals surface area contributed by atoms with Gasteiger partial charge < -0.3 is 25.2 Å². The van der Waals surface area contributed by atoms with Gasteiger partial charge in [-0.3, -0.25) is 0 Å². The number of rotatable bonds is 8. The SMILES string of the molecule is CCNC(=NCc1ccc(CN(C)C(=O)OC(C)(C)C)cc1)NCC1CCCN(CC)C1.I. The van der Waals surface area contributed by atoms with E-state index in [1.165, 1.54) is 25.9 Å². The van der Waals surface area contributed by atoms with Gasteiger partial charge in [-0.15, -0.1) is 24.0 Å². The van der Waals surface area contributed by atoms with Gasteiger partial charge in [-0.1, -0.05) is 31.2 Å². The van der Waals surface area contributed by atoms with Crippen molar-refractivity contribution in [3.8, 4) is 0 Å². The highest BCUT2D eigenvalue weighted by molar-refractivity contribution is 14.0. The number of benzene rings is 1. The van der Waals surface area contributed by atoms with Crippen molar-refractivity contribution in [3.05, 3.63) is 35.4 Å². The zero-order valence-corrected chi connectivity index (χ0v) is 23.6. The molecule has 0 radical (unpaired) electrons. The molecule has 1 unspecified atom stereocenters. The van der Waals surface area contributed by atoms with E-state index >= 15 is 0 Å². The van der Waals surface area contributed by atoms with E-state index in [-0.39, 0.29) is 30.1 Å². The van der Waals surface area contributed by atoms with Crippen molar-refractivity contribution < 1.29 is 9.53 Å². The molecule has 1 fully saturated rings. The monoisotopic (exact) mass is 573 g/mol. The van der Waals surface area contributed by atoms with Crippen LogP contribution in [-0.2, 0) is 17.8 Å². The highest BCUT2D eigenvalue weighted by Crippen LogP contribution is 2.15. The van der Waals surface area contributed by atoms with E-state index < -0.39 is 5.60 Å². The standard InChI is InChI=1S/C25H43N5O2.HI/c1-7-26-23(28-17-22-10-9-15-30(8-2)19-22)27-16-20-11-13-21(14-12-20)18-29(6)24(31)32-25(3,4)5;/h11-14,22H,7-10,15-19H2,1-6H3,(H2,26,27,28);1H. The Balaban J connectivity index is 0.00000544. The van der Waals surface area contributed by atoms with Crippen LogP contribution in [0, 0.1) is 5.92 Å². The van der Waals surface area contributed by atoms with Gasteiger partial charge in [0.15, 0.2) is 5.96 Å². The lowest BCUT2D eigenvalue weighted by Crippen LogP contribution is -2.44. The number of hydrogen-bond donors (Lipinski definition) is 2. The molecular weight excluding hydrogens is 529 g/mol. The third kappa shape index (κ3) is 11.4. The minimum absolute atomic E-state index is 0. The second-order valence-corrected chi connectivity index (χ2v) is 9.63. The first-order chi connectivity index (χ1) is 15.2. The van der Waals surface area contributed by atoms with Crippen LogP contribution in [0.4, 0.5) is 4.79 Å². The summed E-state index contributed by atoms with van der Waals surface area (Å²) in [5.74, 6) is 1.55. The molecule has 1 heterocycles. The van der Waals surface area contributed by atoms with Crippen molar-refractivity contribution >= 4 is 36.0 Å². The predicted octanol–water partition coefficient (Wildman–Crippen LogP) is 4.46. The van der Waals surface area contributed by atoms with Gasteiger partial charge in [-0.05, 0) is 70.7 Å². The largest absolute Gasteiger partial charge is 0.444 e. The number of ether oxygens (including phenoxy) is 1. The summed E-state index contributed by atoms with van der Waals surface area (Å²) >= 11 is 0. The fraction of sp³-hybridized carbons (Fsp3) is 0.680. The van der Waals surface area contributed by atoms with Crippen molar-refractivity contribution in [2.24, 2.45) is 10.9 Å². The van der Waals surface area contributed by atoms with E-state index in [1.807, 2.05) is 32.9 Å². The molecule has 7 nitrogen and oxygen atoms in total. The number of nitrogens with zero attached hydrogens (tertiary/aromatic N) is 3. The quantitative estimate of drug-likeness (QED) is 0.273. The molecule has 1 aromatic rings. The molecule has 1 amide bonds. The first kappa shape index (κ1) is 29.5. The van der Waals surface area contributed by atoms with Crippen LogP contribution in [0.15, 0.2) is 29.3 Å². The zero-order valence-electron chi connectivity index (χ0n) is 21.3. The fourth-order valence-corrected chi connectivity index (χ4v) is 3.79.